The number of amides is 8. The second-order valence-corrected chi connectivity index (χ2v) is 13.4. The van der Waals surface area contributed by atoms with Crippen LogP contribution in [0.3, 0.4) is 0 Å². The summed E-state index contributed by atoms with van der Waals surface area (Å²) in [5.74, 6) is -3.28. The van der Waals surface area contributed by atoms with Gasteiger partial charge in [-0.2, -0.15) is 0 Å². The molecule has 7 N–H and O–H groups in total. The Kier molecular flexibility index (Phi) is 24.3. The topological polar surface area (TPSA) is 272 Å². The lowest BCUT2D eigenvalue weighted by atomic mass is 10.0. The van der Waals surface area contributed by atoms with Gasteiger partial charge in [-0.3, -0.25) is 38.5 Å². The highest BCUT2D eigenvalue weighted by atomic mass is 16.6. The second kappa shape index (κ2) is 28.9. The maximum atomic E-state index is 13.4. The van der Waals surface area contributed by atoms with Gasteiger partial charge in [0.1, 0.15) is 18.7 Å². The van der Waals surface area contributed by atoms with Gasteiger partial charge in [0.15, 0.2) is 0 Å². The van der Waals surface area contributed by atoms with Gasteiger partial charge in [0.05, 0.1) is 52.9 Å². The molecule has 20 heteroatoms. The number of nitrogens with zero attached hydrogens (tertiary/aromatic N) is 1. The van der Waals surface area contributed by atoms with Crippen LogP contribution in [0.1, 0.15) is 58.4 Å². The van der Waals surface area contributed by atoms with Gasteiger partial charge in [0.2, 0.25) is 23.6 Å². The highest BCUT2D eigenvalue weighted by Crippen LogP contribution is 2.13. The zero-order valence-corrected chi connectivity index (χ0v) is 34.0. The Balaban J connectivity index is 1.61. The van der Waals surface area contributed by atoms with Gasteiger partial charge in [0.25, 0.3) is 11.8 Å². The van der Waals surface area contributed by atoms with E-state index in [1.54, 1.807) is 45.0 Å². The van der Waals surface area contributed by atoms with Crippen molar-refractivity contribution in [3.8, 4) is 0 Å². The van der Waals surface area contributed by atoms with Crippen molar-refractivity contribution in [1.29, 1.82) is 0 Å². The lowest BCUT2D eigenvalue weighted by Gasteiger charge is -2.25. The molecule has 0 fully saturated rings. The third-order valence-electron chi connectivity index (χ3n) is 8.40. The van der Waals surface area contributed by atoms with Gasteiger partial charge < -0.3 is 56.0 Å². The maximum absolute atomic E-state index is 13.4. The first-order chi connectivity index (χ1) is 28.3. The summed E-state index contributed by atoms with van der Waals surface area (Å²) in [6.07, 6.45) is 3.08. The van der Waals surface area contributed by atoms with E-state index in [-0.39, 0.29) is 96.1 Å². The molecular formula is C39H59N7O13. The summed E-state index contributed by atoms with van der Waals surface area (Å²) in [4.78, 5) is 97.9. The highest BCUT2D eigenvalue weighted by Gasteiger charge is 2.29. The van der Waals surface area contributed by atoms with Gasteiger partial charge in [-0.25, -0.2) is 4.79 Å². The molecule has 0 spiro atoms. The number of hydrogen-bond donors (Lipinski definition) is 6. The van der Waals surface area contributed by atoms with Gasteiger partial charge in [-0.1, -0.05) is 32.9 Å². The minimum Gasteiger partial charge on any atom is -0.461 e. The van der Waals surface area contributed by atoms with E-state index >= 15 is 0 Å². The molecule has 1 aromatic carbocycles. The molecule has 1 heterocycles. The maximum Gasteiger partial charge on any atom is 0.312 e. The molecule has 1 aliphatic heterocycles. The van der Waals surface area contributed by atoms with E-state index in [2.05, 4.69) is 26.6 Å². The zero-order chi connectivity index (χ0) is 43.4. The molecule has 0 aliphatic carbocycles. The van der Waals surface area contributed by atoms with Crippen LogP contribution in [0.4, 0.5) is 10.5 Å². The molecule has 0 saturated carbocycles. The molecule has 20 nitrogen and oxygen atoms in total. The van der Waals surface area contributed by atoms with E-state index in [0.717, 1.165) is 10.5 Å². The van der Waals surface area contributed by atoms with E-state index in [4.69, 9.17) is 29.4 Å². The summed E-state index contributed by atoms with van der Waals surface area (Å²) in [7, 11) is 0. The summed E-state index contributed by atoms with van der Waals surface area (Å²) in [5, 5.41) is 13.3. The van der Waals surface area contributed by atoms with Gasteiger partial charge >= 0.3 is 12.0 Å². The van der Waals surface area contributed by atoms with Crippen molar-refractivity contribution in [3.63, 3.8) is 0 Å². The molecule has 1 aliphatic rings. The quantitative estimate of drug-likeness (QED) is 0.0328. The molecule has 0 bridgehead atoms. The number of primary amides is 1. The van der Waals surface area contributed by atoms with Crippen LogP contribution in [-0.2, 0) is 63.9 Å². The Hall–Kier alpha value is -5.44. The van der Waals surface area contributed by atoms with E-state index < -0.39 is 47.7 Å². The number of ether oxygens (including phenoxy) is 5. The van der Waals surface area contributed by atoms with E-state index in [9.17, 15) is 38.4 Å². The number of benzene rings is 1. The first-order valence-electron chi connectivity index (χ1n) is 19.6. The van der Waals surface area contributed by atoms with Crippen LogP contribution in [-0.4, -0.2) is 137 Å². The van der Waals surface area contributed by atoms with E-state index in [1.807, 2.05) is 0 Å². The molecule has 0 radical (unpaired) electrons. The number of carbonyl (C=O) groups excluding carboxylic acids is 8. The standard InChI is InChI=1S/C39H59N7O13/c1-4-35(51)59-26-28-7-9-29(10-8-28)43-37(52)30(6-5-15-42-39(40)54)44-38(53)36(27(2)3)45-32(48)14-18-55-20-22-57-24-25-58-23-21-56-19-16-41-31(47)13-17-46-33(49)11-12-34(46)50/h7-12,27,30,36H,4-6,13-26H2,1-3H3,(H,41,47)(H,43,52)(H,44,53)(H,45,48)(H3,40,42,54)/t30-,36-/m1/s1. The summed E-state index contributed by atoms with van der Waals surface area (Å²) in [5.41, 5.74) is 6.33. The number of nitrogens with one attached hydrogen (secondary N) is 5. The summed E-state index contributed by atoms with van der Waals surface area (Å²) >= 11 is 0. The number of rotatable bonds is 31. The normalized spacial score (nSPS) is 13.2. The number of imide groups is 1. The van der Waals surface area contributed by atoms with Gasteiger partial charge in [0, 0.05) is 56.7 Å². The fourth-order valence-electron chi connectivity index (χ4n) is 5.15. The minimum atomic E-state index is -1.01. The molecule has 328 valence electrons. The highest BCUT2D eigenvalue weighted by molar-refractivity contribution is 6.13. The molecule has 59 heavy (non-hydrogen) atoms. The lowest BCUT2D eigenvalue weighted by Crippen LogP contribution is -2.54. The van der Waals surface area contributed by atoms with Crippen LogP contribution in [0.2, 0.25) is 0 Å². The number of nitrogens with two attached hydrogens (primary N) is 1. The predicted octanol–water partition coefficient (Wildman–Crippen LogP) is 0.0402. The third kappa shape index (κ3) is 21.8. The first-order valence-corrected chi connectivity index (χ1v) is 19.6. The van der Waals surface area contributed by atoms with Crippen LogP contribution < -0.4 is 32.3 Å². The van der Waals surface area contributed by atoms with Crippen molar-refractivity contribution in [3.05, 3.63) is 42.0 Å². The lowest BCUT2D eigenvalue weighted by molar-refractivity contribution is -0.144. The van der Waals surface area contributed by atoms with Crippen LogP contribution in [0.25, 0.3) is 0 Å². The molecule has 0 saturated heterocycles. The number of hydrogen-bond acceptors (Lipinski definition) is 13. The Labute approximate surface area is 343 Å². The predicted molar refractivity (Wildman–Crippen MR) is 212 cm³/mol. The molecule has 1 aromatic rings. The number of esters is 1. The molecular weight excluding hydrogens is 774 g/mol. The van der Waals surface area contributed by atoms with Crippen molar-refractivity contribution in [2.45, 2.75) is 71.6 Å². The van der Waals surface area contributed by atoms with Crippen molar-refractivity contribution in [2.24, 2.45) is 11.7 Å². The number of carbonyl (C=O) groups is 8. The summed E-state index contributed by atoms with van der Waals surface area (Å²) in [6.45, 7) is 7.92. The zero-order valence-electron chi connectivity index (χ0n) is 34.0. The Morgan fingerprint density at radius 1 is 0.712 bits per heavy atom. The fourth-order valence-corrected chi connectivity index (χ4v) is 5.15. The number of urea groups is 1. The van der Waals surface area contributed by atoms with E-state index in [1.165, 1.54) is 12.2 Å². The molecule has 2 atom stereocenters. The average Bonchev–Trinajstić information content (AvgIpc) is 3.53. The van der Waals surface area contributed by atoms with Crippen LogP contribution in [0, 0.1) is 5.92 Å². The average molecular weight is 834 g/mol. The second-order valence-electron chi connectivity index (χ2n) is 13.4. The largest absolute Gasteiger partial charge is 0.461 e. The van der Waals surface area contributed by atoms with Crippen molar-refractivity contribution < 1.29 is 62.0 Å². The van der Waals surface area contributed by atoms with Gasteiger partial charge in [-0.15, -0.1) is 0 Å². The molecule has 0 unspecified atom stereocenters. The Morgan fingerprint density at radius 3 is 1.88 bits per heavy atom. The van der Waals surface area contributed by atoms with E-state index in [0.29, 0.717) is 38.5 Å². The molecule has 0 aromatic heterocycles. The van der Waals surface area contributed by atoms with Crippen LogP contribution >= 0.6 is 0 Å². The van der Waals surface area contributed by atoms with Crippen molar-refractivity contribution in [1.82, 2.24) is 26.2 Å². The number of anilines is 1. The monoisotopic (exact) mass is 833 g/mol. The third-order valence-corrected chi connectivity index (χ3v) is 8.40. The fraction of sp³-hybridized carbons (Fsp3) is 0.590. The van der Waals surface area contributed by atoms with Crippen LogP contribution in [0.15, 0.2) is 36.4 Å². The Morgan fingerprint density at radius 2 is 1.31 bits per heavy atom. The SMILES string of the molecule is CCC(=O)OCc1ccc(NC(=O)[C@@H](CCCNC(N)=O)NC(=O)[C@H](NC(=O)CCOCCOCCOCCOCCNC(=O)CCN2C(=O)C=CC2=O)C(C)C)cc1. The summed E-state index contributed by atoms with van der Waals surface area (Å²) in [6, 6.07) is 4.02. The van der Waals surface area contributed by atoms with Crippen molar-refractivity contribution in [2.75, 3.05) is 77.8 Å². The molecule has 8 amide bonds. The minimum absolute atomic E-state index is 0.0108. The first kappa shape index (κ1) is 49.7. The van der Waals surface area contributed by atoms with Crippen LogP contribution in [0.5, 0.6) is 0 Å². The summed E-state index contributed by atoms with van der Waals surface area (Å²) < 4.78 is 26.9. The smallest absolute Gasteiger partial charge is 0.312 e. The van der Waals surface area contributed by atoms with Crippen molar-refractivity contribution >= 4 is 53.1 Å². The van der Waals surface area contributed by atoms with Gasteiger partial charge in [-0.05, 0) is 36.5 Å². The molecule has 2 rings (SSSR count). The Bertz CT molecular complexity index is 1540.